The van der Waals surface area contributed by atoms with Gasteiger partial charge in [-0.25, -0.2) is 9.97 Å². The summed E-state index contributed by atoms with van der Waals surface area (Å²) >= 11 is 5.99. The fraction of sp³-hybridized carbons (Fsp3) is 0.667. The van der Waals surface area contributed by atoms with Gasteiger partial charge in [0.05, 0.1) is 0 Å². The van der Waals surface area contributed by atoms with E-state index in [4.69, 9.17) is 16.3 Å². The van der Waals surface area contributed by atoms with E-state index in [1.54, 1.807) is 0 Å². The molecule has 3 nitrogen and oxygen atoms in total. The molecule has 4 heteroatoms. The van der Waals surface area contributed by atoms with Gasteiger partial charge in [0.2, 0.25) is 5.28 Å². The minimum atomic E-state index is 0.408. The monoisotopic (exact) mass is 238 g/mol. The van der Waals surface area contributed by atoms with Crippen molar-refractivity contribution >= 4 is 11.6 Å². The highest BCUT2D eigenvalue weighted by Gasteiger charge is 2.27. The van der Waals surface area contributed by atoms with Crippen LogP contribution in [0.25, 0.3) is 0 Å². The van der Waals surface area contributed by atoms with Crippen molar-refractivity contribution < 1.29 is 4.74 Å². The van der Waals surface area contributed by atoms with E-state index in [0.717, 1.165) is 37.4 Å². The lowest BCUT2D eigenvalue weighted by Gasteiger charge is -2.21. The number of ether oxygens (including phenoxy) is 1. The maximum Gasteiger partial charge on any atom is 0.222 e. The smallest absolute Gasteiger partial charge is 0.222 e. The highest BCUT2D eigenvalue weighted by atomic mass is 35.5. The zero-order valence-corrected chi connectivity index (χ0v) is 9.91. The predicted molar refractivity (Wildman–Crippen MR) is 61.8 cm³/mol. The lowest BCUT2D eigenvalue weighted by Crippen LogP contribution is -2.15. The van der Waals surface area contributed by atoms with E-state index in [9.17, 15) is 0 Å². The summed E-state index contributed by atoms with van der Waals surface area (Å²) in [4.78, 5) is 8.68. The molecule has 0 radical (unpaired) electrons. The molecule has 1 saturated carbocycles. The van der Waals surface area contributed by atoms with Crippen LogP contribution in [0, 0.1) is 0 Å². The third kappa shape index (κ3) is 2.20. The van der Waals surface area contributed by atoms with Crippen molar-refractivity contribution in [2.75, 3.05) is 13.2 Å². The van der Waals surface area contributed by atoms with E-state index < -0.39 is 0 Å². The number of hydrogen-bond donors (Lipinski definition) is 0. The first kappa shape index (κ1) is 10.5. The molecule has 1 saturated heterocycles. The molecule has 0 spiro atoms. The SMILES string of the molecule is Clc1nc(C2CCOCC2)cc(C2CC2)n1. The fourth-order valence-electron chi connectivity index (χ4n) is 2.24. The first-order valence-electron chi connectivity index (χ1n) is 5.95. The fourth-order valence-corrected chi connectivity index (χ4v) is 2.44. The largest absolute Gasteiger partial charge is 0.381 e. The van der Waals surface area contributed by atoms with Crippen LogP contribution in [0.3, 0.4) is 0 Å². The standard InChI is InChI=1S/C12H15ClN2O/c13-12-14-10(8-1-2-8)7-11(15-12)9-3-5-16-6-4-9/h7-9H,1-6H2. The molecule has 0 unspecified atom stereocenters. The van der Waals surface area contributed by atoms with E-state index in [1.807, 2.05) is 0 Å². The second kappa shape index (κ2) is 4.30. The van der Waals surface area contributed by atoms with E-state index in [-0.39, 0.29) is 0 Å². The van der Waals surface area contributed by atoms with Crippen molar-refractivity contribution in [1.29, 1.82) is 0 Å². The molecule has 2 aliphatic rings. The topological polar surface area (TPSA) is 35.0 Å². The third-order valence-electron chi connectivity index (χ3n) is 3.37. The average molecular weight is 239 g/mol. The Balaban J connectivity index is 1.86. The van der Waals surface area contributed by atoms with Crippen LogP contribution in [0.4, 0.5) is 0 Å². The van der Waals surface area contributed by atoms with Crippen LogP contribution in [0.5, 0.6) is 0 Å². The number of nitrogens with zero attached hydrogens (tertiary/aromatic N) is 2. The molecule has 3 rings (SSSR count). The van der Waals surface area contributed by atoms with Gasteiger partial charge in [-0.05, 0) is 43.4 Å². The van der Waals surface area contributed by atoms with Crippen molar-refractivity contribution in [2.24, 2.45) is 0 Å². The number of hydrogen-bond acceptors (Lipinski definition) is 3. The van der Waals surface area contributed by atoms with E-state index in [0.29, 0.717) is 17.1 Å². The van der Waals surface area contributed by atoms with Crippen molar-refractivity contribution in [3.8, 4) is 0 Å². The van der Waals surface area contributed by atoms with Crippen LogP contribution in [0.2, 0.25) is 5.28 Å². The Morgan fingerprint density at radius 2 is 1.56 bits per heavy atom. The summed E-state index contributed by atoms with van der Waals surface area (Å²) in [5, 5.41) is 0.408. The van der Waals surface area contributed by atoms with Gasteiger partial charge in [-0.2, -0.15) is 0 Å². The highest BCUT2D eigenvalue weighted by molar-refractivity contribution is 6.28. The normalized spacial score (nSPS) is 22.3. The van der Waals surface area contributed by atoms with Crippen molar-refractivity contribution in [3.63, 3.8) is 0 Å². The maximum atomic E-state index is 5.99. The summed E-state index contributed by atoms with van der Waals surface area (Å²) in [7, 11) is 0. The Kier molecular flexibility index (Phi) is 2.82. The van der Waals surface area contributed by atoms with Gasteiger partial charge in [-0.1, -0.05) is 0 Å². The maximum absolute atomic E-state index is 5.99. The molecule has 1 aromatic rings. The second-order valence-electron chi connectivity index (χ2n) is 4.65. The van der Waals surface area contributed by atoms with Crippen molar-refractivity contribution in [1.82, 2.24) is 9.97 Å². The molecule has 0 amide bonds. The highest BCUT2D eigenvalue weighted by Crippen LogP contribution is 2.40. The second-order valence-corrected chi connectivity index (χ2v) is 4.99. The van der Waals surface area contributed by atoms with Crippen LogP contribution in [0.1, 0.15) is 48.9 Å². The Hall–Kier alpha value is -0.670. The minimum absolute atomic E-state index is 0.408. The summed E-state index contributed by atoms with van der Waals surface area (Å²) in [5.41, 5.74) is 2.26. The van der Waals surface area contributed by atoms with Crippen LogP contribution < -0.4 is 0 Å². The van der Waals surface area contributed by atoms with Crippen LogP contribution in [-0.4, -0.2) is 23.2 Å². The number of halogens is 1. The summed E-state index contributed by atoms with van der Waals surface area (Å²) in [5.74, 6) is 1.14. The third-order valence-corrected chi connectivity index (χ3v) is 3.54. The van der Waals surface area contributed by atoms with Gasteiger partial charge < -0.3 is 4.74 Å². The van der Waals surface area contributed by atoms with Gasteiger partial charge >= 0.3 is 0 Å². The molecule has 0 N–H and O–H groups in total. The molecule has 2 fully saturated rings. The lowest BCUT2D eigenvalue weighted by atomic mass is 9.95. The van der Waals surface area contributed by atoms with Gasteiger partial charge in [0.1, 0.15) is 0 Å². The molecular formula is C12H15ClN2O. The molecular weight excluding hydrogens is 224 g/mol. The first-order chi connectivity index (χ1) is 7.83. The Morgan fingerprint density at radius 1 is 1.00 bits per heavy atom. The quantitative estimate of drug-likeness (QED) is 0.744. The van der Waals surface area contributed by atoms with Gasteiger partial charge in [0, 0.05) is 36.4 Å². The van der Waals surface area contributed by atoms with Crippen molar-refractivity contribution in [2.45, 2.75) is 37.5 Å². The summed E-state index contributed by atoms with van der Waals surface area (Å²) in [6.45, 7) is 1.68. The van der Waals surface area contributed by atoms with Crippen LogP contribution >= 0.6 is 11.6 Å². The Labute approximate surface area is 100 Å². The van der Waals surface area contributed by atoms with E-state index >= 15 is 0 Å². The molecule has 1 aliphatic heterocycles. The van der Waals surface area contributed by atoms with Gasteiger partial charge in [-0.15, -0.1) is 0 Å². The Morgan fingerprint density at radius 3 is 2.12 bits per heavy atom. The van der Waals surface area contributed by atoms with E-state index in [1.165, 1.54) is 12.8 Å². The summed E-state index contributed by atoms with van der Waals surface area (Å²) < 4.78 is 5.37. The van der Waals surface area contributed by atoms with Crippen LogP contribution in [-0.2, 0) is 4.74 Å². The van der Waals surface area contributed by atoms with Gasteiger partial charge in [0.15, 0.2) is 0 Å². The molecule has 1 aliphatic carbocycles. The molecule has 0 aromatic carbocycles. The zero-order valence-electron chi connectivity index (χ0n) is 9.16. The average Bonchev–Trinajstić information content (AvgIpc) is 3.13. The minimum Gasteiger partial charge on any atom is -0.381 e. The molecule has 16 heavy (non-hydrogen) atoms. The Bertz CT molecular complexity index is 387. The molecule has 2 heterocycles. The van der Waals surface area contributed by atoms with Gasteiger partial charge in [0.25, 0.3) is 0 Å². The molecule has 0 bridgehead atoms. The molecule has 86 valence electrons. The zero-order chi connectivity index (χ0) is 11.0. The number of rotatable bonds is 2. The van der Waals surface area contributed by atoms with Crippen LogP contribution in [0.15, 0.2) is 6.07 Å². The summed E-state index contributed by atoms with van der Waals surface area (Å²) in [6.07, 6.45) is 4.61. The van der Waals surface area contributed by atoms with E-state index in [2.05, 4.69) is 16.0 Å². The number of aromatic nitrogens is 2. The predicted octanol–water partition coefficient (Wildman–Crippen LogP) is 2.90. The van der Waals surface area contributed by atoms with Crippen molar-refractivity contribution in [3.05, 3.63) is 22.7 Å². The molecule has 1 aromatic heterocycles. The lowest BCUT2D eigenvalue weighted by molar-refractivity contribution is 0.0844. The van der Waals surface area contributed by atoms with Gasteiger partial charge in [-0.3, -0.25) is 0 Å². The summed E-state index contributed by atoms with van der Waals surface area (Å²) in [6, 6.07) is 2.15. The first-order valence-corrected chi connectivity index (χ1v) is 6.33. The molecule has 0 atom stereocenters.